The largest absolute Gasteiger partial charge is 0.426 e. The number of alkyl halides is 2. The van der Waals surface area contributed by atoms with E-state index in [2.05, 4.69) is 10.6 Å². The van der Waals surface area contributed by atoms with Crippen molar-refractivity contribution < 1.29 is 27.6 Å². The van der Waals surface area contributed by atoms with Gasteiger partial charge in [-0.2, -0.15) is 5.26 Å². The van der Waals surface area contributed by atoms with Crippen molar-refractivity contribution in [2.45, 2.75) is 68.9 Å². The molecule has 1 aliphatic heterocycles. The molecule has 33 heavy (non-hydrogen) atoms. The number of carbonyl (C=O) groups is 2. The quantitative estimate of drug-likeness (QED) is 0.615. The third kappa shape index (κ3) is 6.16. The summed E-state index contributed by atoms with van der Waals surface area (Å²) in [4.78, 5) is 30.4. The van der Waals surface area contributed by atoms with Crippen LogP contribution in [0.5, 0.6) is 0 Å². The highest BCUT2D eigenvalue weighted by Crippen LogP contribution is 2.53. The van der Waals surface area contributed by atoms with Crippen molar-refractivity contribution >= 4 is 12.0 Å². The van der Waals surface area contributed by atoms with Gasteiger partial charge in [0.05, 0.1) is 6.07 Å². The second-order valence-electron chi connectivity index (χ2n) is 9.55. The lowest BCUT2D eigenvalue weighted by molar-refractivity contribution is -0.131. The van der Waals surface area contributed by atoms with E-state index >= 15 is 0 Å². The summed E-state index contributed by atoms with van der Waals surface area (Å²) < 4.78 is 42.7. The van der Waals surface area contributed by atoms with Gasteiger partial charge in [-0.15, -0.1) is 5.06 Å². The van der Waals surface area contributed by atoms with Crippen LogP contribution in [-0.2, 0) is 16.1 Å². The highest BCUT2D eigenvalue weighted by Gasteiger charge is 2.48. The molecular weight excluding hydrogens is 437 g/mol. The lowest BCUT2D eigenvalue weighted by Gasteiger charge is -2.31. The number of rotatable bonds is 8. The fraction of sp³-hybridized carbons (Fsp3) is 0.609. The average molecular weight is 464 g/mol. The first-order chi connectivity index (χ1) is 15.6. The SMILES string of the molecule is N#CC1(NC(=O)[C@H](CC(F)(F)Cc2ccc(F)cc2)NC(=O)ON2CCC3(CC2)CC3)CC1. The monoisotopic (exact) mass is 464 g/mol. The second kappa shape index (κ2) is 8.86. The van der Waals surface area contributed by atoms with Gasteiger partial charge in [-0.3, -0.25) is 4.79 Å². The molecule has 2 N–H and O–H groups in total. The topological polar surface area (TPSA) is 94.5 Å². The van der Waals surface area contributed by atoms with Crippen LogP contribution in [0.2, 0.25) is 0 Å². The Morgan fingerprint density at radius 2 is 1.76 bits per heavy atom. The Morgan fingerprint density at radius 1 is 1.12 bits per heavy atom. The number of hydrogen-bond donors (Lipinski definition) is 2. The molecule has 1 atom stereocenters. The van der Waals surface area contributed by atoms with Gasteiger partial charge in [0.25, 0.3) is 5.92 Å². The first kappa shape index (κ1) is 23.4. The Kier molecular flexibility index (Phi) is 6.27. The predicted molar refractivity (Wildman–Crippen MR) is 111 cm³/mol. The molecule has 10 heteroatoms. The first-order valence-corrected chi connectivity index (χ1v) is 11.2. The van der Waals surface area contributed by atoms with Crippen LogP contribution in [0.15, 0.2) is 24.3 Å². The Labute approximate surface area is 190 Å². The molecule has 0 unspecified atom stereocenters. The van der Waals surface area contributed by atoms with E-state index in [1.165, 1.54) is 30.0 Å². The van der Waals surface area contributed by atoms with Gasteiger partial charge in [0, 0.05) is 25.9 Å². The zero-order valence-electron chi connectivity index (χ0n) is 18.2. The lowest BCUT2D eigenvalue weighted by Crippen LogP contribution is -2.53. The average Bonchev–Trinajstić information content (AvgIpc) is 3.69. The van der Waals surface area contributed by atoms with Gasteiger partial charge in [0.15, 0.2) is 0 Å². The number of amides is 2. The molecule has 0 aromatic heterocycles. The number of piperidine rings is 1. The van der Waals surface area contributed by atoms with Crippen molar-refractivity contribution in [2.24, 2.45) is 5.41 Å². The molecule has 7 nitrogen and oxygen atoms in total. The molecule has 2 aliphatic carbocycles. The van der Waals surface area contributed by atoms with E-state index in [1.54, 1.807) is 0 Å². The summed E-state index contributed by atoms with van der Waals surface area (Å²) in [6.45, 7) is 1.12. The van der Waals surface area contributed by atoms with Gasteiger partial charge in [-0.1, -0.05) is 12.1 Å². The first-order valence-electron chi connectivity index (χ1n) is 11.2. The fourth-order valence-corrected chi connectivity index (χ4v) is 4.21. The summed E-state index contributed by atoms with van der Waals surface area (Å²) in [6.07, 6.45) is 2.32. The maximum atomic E-state index is 14.8. The number of halogens is 3. The molecule has 3 aliphatic rings. The third-order valence-electron chi connectivity index (χ3n) is 6.77. The van der Waals surface area contributed by atoms with E-state index in [-0.39, 0.29) is 5.56 Å². The molecule has 178 valence electrons. The van der Waals surface area contributed by atoms with Gasteiger partial charge in [-0.25, -0.2) is 18.0 Å². The predicted octanol–water partition coefficient (Wildman–Crippen LogP) is 3.45. The summed E-state index contributed by atoms with van der Waals surface area (Å²) in [5, 5.41) is 15.4. The van der Waals surface area contributed by atoms with Gasteiger partial charge < -0.3 is 15.5 Å². The maximum Gasteiger partial charge on any atom is 0.426 e. The van der Waals surface area contributed by atoms with Crippen LogP contribution in [-0.4, -0.2) is 47.7 Å². The van der Waals surface area contributed by atoms with E-state index in [9.17, 15) is 28.0 Å². The number of hydrogen-bond acceptors (Lipinski definition) is 5. The van der Waals surface area contributed by atoms with Crippen LogP contribution in [0.4, 0.5) is 18.0 Å². The molecule has 2 saturated carbocycles. The van der Waals surface area contributed by atoms with Gasteiger partial charge >= 0.3 is 6.09 Å². The van der Waals surface area contributed by atoms with Crippen LogP contribution in [0.3, 0.4) is 0 Å². The molecule has 1 aromatic rings. The summed E-state index contributed by atoms with van der Waals surface area (Å²) >= 11 is 0. The summed E-state index contributed by atoms with van der Waals surface area (Å²) in [6, 6.07) is 5.03. The van der Waals surface area contributed by atoms with Crippen LogP contribution >= 0.6 is 0 Å². The summed E-state index contributed by atoms with van der Waals surface area (Å²) in [7, 11) is 0. The number of hydroxylamine groups is 2. The molecule has 1 saturated heterocycles. The lowest BCUT2D eigenvalue weighted by atomic mass is 9.95. The number of nitriles is 1. The fourth-order valence-electron chi connectivity index (χ4n) is 4.21. The minimum Gasteiger partial charge on any atom is -0.351 e. The van der Waals surface area contributed by atoms with Gasteiger partial charge in [0.1, 0.15) is 17.4 Å². The van der Waals surface area contributed by atoms with Crippen molar-refractivity contribution in [3.63, 3.8) is 0 Å². The van der Waals surface area contributed by atoms with Crippen molar-refractivity contribution in [3.8, 4) is 6.07 Å². The van der Waals surface area contributed by atoms with E-state index in [0.29, 0.717) is 31.3 Å². The van der Waals surface area contributed by atoms with Gasteiger partial charge in [0.2, 0.25) is 5.91 Å². The maximum absolute atomic E-state index is 14.8. The van der Waals surface area contributed by atoms with Crippen molar-refractivity contribution in [1.82, 2.24) is 15.7 Å². The van der Waals surface area contributed by atoms with Crippen molar-refractivity contribution in [3.05, 3.63) is 35.6 Å². The molecule has 1 spiro atoms. The van der Waals surface area contributed by atoms with E-state index in [4.69, 9.17) is 4.84 Å². The van der Waals surface area contributed by atoms with Crippen molar-refractivity contribution in [1.29, 1.82) is 5.26 Å². The van der Waals surface area contributed by atoms with E-state index in [1.807, 2.05) is 6.07 Å². The molecule has 1 aromatic carbocycles. The van der Waals surface area contributed by atoms with Crippen LogP contribution in [0, 0.1) is 22.6 Å². The molecule has 2 amide bonds. The molecule has 0 radical (unpaired) electrons. The van der Waals surface area contributed by atoms with E-state index in [0.717, 1.165) is 25.0 Å². The molecule has 1 heterocycles. The number of carbonyl (C=O) groups excluding carboxylic acids is 2. The van der Waals surface area contributed by atoms with E-state index < -0.39 is 48.2 Å². The Balaban J connectivity index is 1.38. The molecule has 3 fully saturated rings. The Bertz CT molecular complexity index is 929. The van der Waals surface area contributed by atoms with Crippen LogP contribution in [0.25, 0.3) is 0 Å². The molecule has 4 rings (SSSR count). The standard InChI is InChI=1S/C23H27F3N4O3/c24-17-3-1-16(2-4-17)13-23(25,26)14-18(19(31)29-22(15-27)7-8-22)28-20(32)33-30-11-9-21(5-6-21)10-12-30/h1-4,18H,5-14H2,(H,28,32)(H,29,31)/t18-/m0/s1. The Hall–Kier alpha value is -2.80. The molecular formula is C23H27F3N4O3. The zero-order valence-corrected chi connectivity index (χ0v) is 18.2. The minimum atomic E-state index is -3.38. The second-order valence-corrected chi connectivity index (χ2v) is 9.55. The highest BCUT2D eigenvalue weighted by atomic mass is 19.3. The van der Waals surface area contributed by atoms with Gasteiger partial charge in [-0.05, 0) is 61.6 Å². The summed E-state index contributed by atoms with van der Waals surface area (Å²) in [5.74, 6) is -4.78. The number of benzene rings is 1. The number of nitrogens with zero attached hydrogens (tertiary/aromatic N) is 2. The summed E-state index contributed by atoms with van der Waals surface area (Å²) in [5.41, 5.74) is -0.503. The zero-order chi connectivity index (χ0) is 23.7. The minimum absolute atomic E-state index is 0.196. The third-order valence-corrected chi connectivity index (χ3v) is 6.77. The van der Waals surface area contributed by atoms with Crippen LogP contribution < -0.4 is 10.6 Å². The Morgan fingerprint density at radius 3 is 2.30 bits per heavy atom. The number of nitrogens with one attached hydrogen (secondary N) is 2. The molecule has 0 bridgehead atoms. The smallest absolute Gasteiger partial charge is 0.351 e. The van der Waals surface area contributed by atoms with Crippen molar-refractivity contribution in [2.75, 3.05) is 13.1 Å². The van der Waals surface area contributed by atoms with Crippen LogP contribution in [0.1, 0.15) is 50.5 Å². The highest BCUT2D eigenvalue weighted by molar-refractivity contribution is 5.86. The normalized spacial score (nSPS) is 21.5.